The quantitative estimate of drug-likeness (QED) is 0.846. The van der Waals surface area contributed by atoms with Gasteiger partial charge in [0, 0.05) is 22.1 Å². The molecule has 1 heterocycles. The molecule has 90 valence electrons. The van der Waals surface area contributed by atoms with Gasteiger partial charge in [-0.25, -0.2) is 0 Å². The third kappa shape index (κ3) is 3.15. The zero-order valence-electron chi connectivity index (χ0n) is 9.28. The first kappa shape index (κ1) is 12.7. The van der Waals surface area contributed by atoms with Crippen LogP contribution in [-0.2, 0) is 6.54 Å². The molecule has 0 saturated carbocycles. The van der Waals surface area contributed by atoms with Crippen molar-refractivity contribution in [2.45, 2.75) is 6.54 Å². The summed E-state index contributed by atoms with van der Waals surface area (Å²) in [5.74, 6) is 0. The van der Waals surface area contributed by atoms with Crippen LogP contribution < -0.4 is 10.6 Å². The van der Waals surface area contributed by atoms with Crippen LogP contribution in [-0.4, -0.2) is 7.05 Å². The number of nitrogens with zero attached hydrogens (tertiary/aromatic N) is 1. The Kier molecular flexibility index (Phi) is 3.97. The summed E-state index contributed by atoms with van der Waals surface area (Å²) >= 11 is 11.0. The second-order valence-corrected chi connectivity index (χ2v) is 6.43. The van der Waals surface area contributed by atoms with Crippen molar-refractivity contribution in [1.29, 1.82) is 0 Å². The Labute approximate surface area is 118 Å². The van der Waals surface area contributed by atoms with Crippen LogP contribution in [0, 0.1) is 0 Å². The topological polar surface area (TPSA) is 29.3 Å². The van der Waals surface area contributed by atoms with Crippen LogP contribution in [0.1, 0.15) is 4.88 Å². The molecule has 0 aliphatic rings. The van der Waals surface area contributed by atoms with E-state index in [1.807, 2.05) is 31.3 Å². The average molecular weight is 332 g/mol. The van der Waals surface area contributed by atoms with Crippen molar-refractivity contribution in [2.24, 2.45) is 0 Å². The Morgan fingerprint density at radius 3 is 2.71 bits per heavy atom. The summed E-state index contributed by atoms with van der Waals surface area (Å²) in [7, 11) is 2.05. The van der Waals surface area contributed by atoms with Crippen LogP contribution in [0.5, 0.6) is 0 Å². The van der Waals surface area contributed by atoms with E-state index in [1.54, 1.807) is 11.3 Å². The van der Waals surface area contributed by atoms with Crippen molar-refractivity contribution in [1.82, 2.24) is 0 Å². The predicted octanol–water partition coefficient (Wildman–Crippen LogP) is 4.38. The molecule has 0 bridgehead atoms. The summed E-state index contributed by atoms with van der Waals surface area (Å²) in [6, 6.07) is 9.79. The van der Waals surface area contributed by atoms with E-state index in [4.69, 9.17) is 17.3 Å². The number of thiophene rings is 1. The van der Waals surface area contributed by atoms with Crippen LogP contribution >= 0.6 is 38.9 Å². The highest BCUT2D eigenvalue weighted by Gasteiger charge is 2.08. The molecule has 0 aliphatic heterocycles. The summed E-state index contributed by atoms with van der Waals surface area (Å²) in [5.41, 5.74) is 7.59. The van der Waals surface area contributed by atoms with Gasteiger partial charge in [0.2, 0.25) is 0 Å². The molecule has 5 heteroatoms. The molecular formula is C12H12BrClN2S. The Morgan fingerprint density at radius 2 is 2.12 bits per heavy atom. The van der Waals surface area contributed by atoms with Crippen LogP contribution in [0.4, 0.5) is 11.4 Å². The van der Waals surface area contributed by atoms with Gasteiger partial charge in [-0.15, -0.1) is 11.3 Å². The molecule has 0 saturated heterocycles. The van der Waals surface area contributed by atoms with E-state index < -0.39 is 0 Å². The van der Waals surface area contributed by atoms with Gasteiger partial charge in [-0.2, -0.15) is 0 Å². The SMILES string of the molecule is CN(Cc1ccc(Cl)s1)c1ccc(N)cc1Br. The van der Waals surface area contributed by atoms with Gasteiger partial charge >= 0.3 is 0 Å². The molecule has 0 fully saturated rings. The second kappa shape index (κ2) is 5.29. The predicted molar refractivity (Wildman–Crippen MR) is 80.0 cm³/mol. The monoisotopic (exact) mass is 330 g/mol. The van der Waals surface area contributed by atoms with Crippen molar-refractivity contribution < 1.29 is 0 Å². The van der Waals surface area contributed by atoms with Crippen molar-refractivity contribution in [3.63, 3.8) is 0 Å². The van der Waals surface area contributed by atoms with Crippen molar-refractivity contribution in [2.75, 3.05) is 17.7 Å². The molecule has 17 heavy (non-hydrogen) atoms. The van der Waals surface area contributed by atoms with Gasteiger partial charge in [-0.1, -0.05) is 11.6 Å². The van der Waals surface area contributed by atoms with E-state index >= 15 is 0 Å². The van der Waals surface area contributed by atoms with Crippen molar-refractivity contribution in [3.8, 4) is 0 Å². The molecule has 0 unspecified atom stereocenters. The van der Waals surface area contributed by atoms with Gasteiger partial charge in [0.25, 0.3) is 0 Å². The number of hydrogen-bond donors (Lipinski definition) is 1. The number of anilines is 2. The highest BCUT2D eigenvalue weighted by Crippen LogP contribution is 2.30. The normalized spacial score (nSPS) is 10.5. The van der Waals surface area contributed by atoms with E-state index in [0.29, 0.717) is 0 Å². The lowest BCUT2D eigenvalue weighted by Crippen LogP contribution is -2.16. The lowest BCUT2D eigenvalue weighted by Gasteiger charge is -2.20. The minimum absolute atomic E-state index is 0.758. The van der Waals surface area contributed by atoms with Gasteiger partial charge in [-0.3, -0.25) is 0 Å². The zero-order valence-corrected chi connectivity index (χ0v) is 12.4. The summed E-state index contributed by atoms with van der Waals surface area (Å²) in [5, 5.41) is 0. The maximum Gasteiger partial charge on any atom is 0.0931 e. The summed E-state index contributed by atoms with van der Waals surface area (Å²) < 4.78 is 1.83. The number of nitrogen functional groups attached to an aromatic ring is 1. The third-order valence-corrected chi connectivity index (χ3v) is 4.26. The van der Waals surface area contributed by atoms with Crippen LogP contribution in [0.25, 0.3) is 0 Å². The maximum atomic E-state index is 5.92. The lowest BCUT2D eigenvalue weighted by atomic mass is 10.2. The second-order valence-electron chi connectivity index (χ2n) is 3.77. The number of nitrogens with two attached hydrogens (primary N) is 1. The van der Waals surface area contributed by atoms with E-state index in [-0.39, 0.29) is 0 Å². The summed E-state index contributed by atoms with van der Waals surface area (Å²) in [6.07, 6.45) is 0. The minimum atomic E-state index is 0.758. The molecule has 0 spiro atoms. The molecule has 0 amide bonds. The van der Waals surface area contributed by atoms with Crippen molar-refractivity contribution in [3.05, 3.63) is 44.0 Å². The maximum absolute atomic E-state index is 5.92. The molecule has 2 nitrogen and oxygen atoms in total. The molecule has 1 aromatic heterocycles. The molecule has 0 radical (unpaired) electrons. The molecule has 2 aromatic rings. The number of halogens is 2. The fourth-order valence-electron chi connectivity index (χ4n) is 1.59. The van der Waals surface area contributed by atoms with E-state index in [9.17, 15) is 0 Å². The first-order valence-corrected chi connectivity index (χ1v) is 7.05. The fraction of sp³-hybridized carbons (Fsp3) is 0.167. The van der Waals surface area contributed by atoms with E-state index in [1.165, 1.54) is 4.88 Å². The first-order chi connectivity index (χ1) is 8.06. The Bertz CT molecular complexity index is 527. The van der Waals surface area contributed by atoms with Crippen LogP contribution in [0.15, 0.2) is 34.8 Å². The minimum Gasteiger partial charge on any atom is -0.399 e. The van der Waals surface area contributed by atoms with E-state index in [0.717, 1.165) is 26.7 Å². The smallest absolute Gasteiger partial charge is 0.0931 e. The molecular weight excluding hydrogens is 320 g/mol. The first-order valence-electron chi connectivity index (χ1n) is 5.06. The fourth-order valence-corrected chi connectivity index (χ4v) is 3.43. The van der Waals surface area contributed by atoms with Gasteiger partial charge in [0.15, 0.2) is 0 Å². The van der Waals surface area contributed by atoms with Crippen molar-refractivity contribution >= 4 is 50.2 Å². The van der Waals surface area contributed by atoms with Crippen LogP contribution in [0.2, 0.25) is 4.34 Å². The average Bonchev–Trinajstić information content (AvgIpc) is 2.63. The molecule has 0 aliphatic carbocycles. The Morgan fingerprint density at radius 1 is 1.35 bits per heavy atom. The highest BCUT2D eigenvalue weighted by molar-refractivity contribution is 9.10. The Hall–Kier alpha value is -0.710. The molecule has 2 N–H and O–H groups in total. The number of hydrogen-bond acceptors (Lipinski definition) is 3. The van der Waals surface area contributed by atoms with Gasteiger partial charge in [-0.05, 0) is 46.3 Å². The van der Waals surface area contributed by atoms with Gasteiger partial charge in [0.05, 0.1) is 16.6 Å². The van der Waals surface area contributed by atoms with Gasteiger partial charge in [0.1, 0.15) is 0 Å². The molecule has 0 atom stereocenters. The molecule has 2 rings (SSSR count). The summed E-state index contributed by atoms with van der Waals surface area (Å²) in [6.45, 7) is 0.833. The molecule has 1 aromatic carbocycles. The van der Waals surface area contributed by atoms with E-state index in [2.05, 4.69) is 26.9 Å². The standard InChI is InChI=1S/C12H12BrClN2S/c1-16(7-9-3-5-12(14)17-9)11-4-2-8(15)6-10(11)13/h2-6H,7,15H2,1H3. The summed E-state index contributed by atoms with van der Waals surface area (Å²) in [4.78, 5) is 3.40. The lowest BCUT2D eigenvalue weighted by molar-refractivity contribution is 0.937. The van der Waals surface area contributed by atoms with Crippen LogP contribution in [0.3, 0.4) is 0 Å². The number of benzene rings is 1. The Balaban J connectivity index is 2.17. The highest BCUT2D eigenvalue weighted by atomic mass is 79.9. The zero-order chi connectivity index (χ0) is 12.4. The third-order valence-electron chi connectivity index (χ3n) is 2.40. The van der Waals surface area contributed by atoms with Gasteiger partial charge < -0.3 is 10.6 Å². The largest absolute Gasteiger partial charge is 0.399 e. The number of rotatable bonds is 3.